The van der Waals surface area contributed by atoms with E-state index in [2.05, 4.69) is 24.1 Å². The van der Waals surface area contributed by atoms with Gasteiger partial charge in [0.05, 0.1) is 13.7 Å². The molecule has 1 aliphatic heterocycles. The van der Waals surface area contributed by atoms with E-state index in [0.717, 1.165) is 29.6 Å². The standard InChI is InChI=1S/C17H20N4O/c1-17(2)12-21(15-6-4-5-11-18-15)20-16(17)19-13-7-9-14(22-3)10-8-13/h4-11H,12H2,1-3H3,(H,19,20). The zero-order chi connectivity index (χ0) is 15.6. The number of aromatic nitrogens is 1. The molecule has 0 amide bonds. The van der Waals surface area contributed by atoms with Crippen molar-refractivity contribution < 1.29 is 4.74 Å². The number of hydrogen-bond acceptors (Lipinski definition) is 5. The molecular weight excluding hydrogens is 276 g/mol. The van der Waals surface area contributed by atoms with Crippen molar-refractivity contribution in [2.75, 3.05) is 24.0 Å². The molecule has 2 aromatic rings. The number of ether oxygens (including phenoxy) is 1. The number of pyridine rings is 1. The van der Waals surface area contributed by atoms with E-state index in [0.29, 0.717) is 0 Å². The van der Waals surface area contributed by atoms with E-state index in [1.54, 1.807) is 13.3 Å². The van der Waals surface area contributed by atoms with Crippen molar-refractivity contribution in [2.45, 2.75) is 13.8 Å². The quantitative estimate of drug-likeness (QED) is 0.943. The van der Waals surface area contributed by atoms with E-state index >= 15 is 0 Å². The van der Waals surface area contributed by atoms with E-state index < -0.39 is 0 Å². The fourth-order valence-corrected chi connectivity index (χ4v) is 2.38. The van der Waals surface area contributed by atoms with Gasteiger partial charge >= 0.3 is 0 Å². The van der Waals surface area contributed by atoms with Crippen molar-refractivity contribution in [3.8, 4) is 5.75 Å². The summed E-state index contributed by atoms with van der Waals surface area (Å²) in [6, 6.07) is 13.7. The summed E-state index contributed by atoms with van der Waals surface area (Å²) >= 11 is 0. The molecule has 3 rings (SSSR count). The molecule has 1 aliphatic rings. The average molecular weight is 296 g/mol. The maximum atomic E-state index is 5.18. The first-order valence-corrected chi connectivity index (χ1v) is 7.27. The summed E-state index contributed by atoms with van der Waals surface area (Å²) < 4.78 is 5.18. The Morgan fingerprint density at radius 3 is 2.55 bits per heavy atom. The number of benzene rings is 1. The van der Waals surface area contributed by atoms with Crippen LogP contribution in [0.2, 0.25) is 0 Å². The van der Waals surface area contributed by atoms with Crippen molar-refractivity contribution in [2.24, 2.45) is 10.5 Å². The molecule has 0 fully saturated rings. The van der Waals surface area contributed by atoms with Crippen molar-refractivity contribution in [1.29, 1.82) is 0 Å². The van der Waals surface area contributed by atoms with Gasteiger partial charge in [-0.15, -0.1) is 0 Å². The van der Waals surface area contributed by atoms with E-state index in [4.69, 9.17) is 9.84 Å². The Morgan fingerprint density at radius 2 is 1.91 bits per heavy atom. The molecule has 2 heterocycles. The highest BCUT2D eigenvalue weighted by molar-refractivity contribution is 6.01. The molecular formula is C17H20N4O. The van der Waals surface area contributed by atoms with E-state index in [-0.39, 0.29) is 5.41 Å². The Morgan fingerprint density at radius 1 is 1.14 bits per heavy atom. The van der Waals surface area contributed by atoms with Crippen molar-refractivity contribution >= 4 is 17.3 Å². The number of hydrazone groups is 1. The molecule has 0 spiro atoms. The van der Waals surface area contributed by atoms with Gasteiger partial charge in [0, 0.05) is 17.3 Å². The van der Waals surface area contributed by atoms with Crippen LogP contribution in [0.4, 0.5) is 11.5 Å². The number of nitrogens with zero attached hydrogens (tertiary/aromatic N) is 3. The molecule has 0 bridgehead atoms. The lowest BCUT2D eigenvalue weighted by Crippen LogP contribution is -2.31. The van der Waals surface area contributed by atoms with E-state index in [1.807, 2.05) is 47.5 Å². The predicted molar refractivity (Wildman–Crippen MR) is 89.4 cm³/mol. The fraction of sp³-hybridized carbons (Fsp3) is 0.294. The van der Waals surface area contributed by atoms with Crippen LogP contribution in [0.15, 0.2) is 53.8 Å². The first kappa shape index (κ1) is 14.4. The Labute approximate surface area is 130 Å². The van der Waals surface area contributed by atoms with Crippen molar-refractivity contribution in [1.82, 2.24) is 4.98 Å². The van der Waals surface area contributed by atoms with Crippen molar-refractivity contribution in [3.05, 3.63) is 48.7 Å². The number of amidine groups is 1. The molecule has 5 heteroatoms. The SMILES string of the molecule is COc1ccc(NC2=NN(c3ccccn3)CC2(C)C)cc1. The van der Waals surface area contributed by atoms with Crippen LogP contribution >= 0.6 is 0 Å². The predicted octanol–water partition coefficient (Wildman–Crippen LogP) is 3.36. The van der Waals surface area contributed by atoms with Crippen LogP contribution < -0.4 is 15.1 Å². The van der Waals surface area contributed by atoms with Crippen molar-refractivity contribution in [3.63, 3.8) is 0 Å². The second-order valence-corrected chi connectivity index (χ2v) is 5.93. The van der Waals surface area contributed by atoms with Gasteiger partial charge in [0.1, 0.15) is 17.4 Å². The number of nitrogens with one attached hydrogen (secondary N) is 1. The highest BCUT2D eigenvalue weighted by Gasteiger charge is 2.35. The third kappa shape index (κ3) is 2.88. The number of rotatable bonds is 3. The van der Waals surface area contributed by atoms with Gasteiger partial charge < -0.3 is 10.1 Å². The normalized spacial score (nSPS) is 16.3. The fourth-order valence-electron chi connectivity index (χ4n) is 2.38. The minimum Gasteiger partial charge on any atom is -0.497 e. The molecule has 1 N–H and O–H groups in total. The van der Waals surface area contributed by atoms with Crippen LogP contribution in [-0.4, -0.2) is 24.5 Å². The number of hydrogen-bond donors (Lipinski definition) is 1. The topological polar surface area (TPSA) is 49.8 Å². The van der Waals surface area contributed by atoms with Gasteiger partial charge in [-0.05, 0) is 36.4 Å². The van der Waals surface area contributed by atoms with Crippen LogP contribution in [-0.2, 0) is 0 Å². The average Bonchev–Trinajstić information content (AvgIpc) is 2.84. The highest BCUT2D eigenvalue weighted by Crippen LogP contribution is 2.30. The lowest BCUT2D eigenvalue weighted by Gasteiger charge is -2.21. The van der Waals surface area contributed by atoms with Gasteiger partial charge in [0.2, 0.25) is 0 Å². The minimum absolute atomic E-state index is 0.0720. The van der Waals surface area contributed by atoms with Crippen LogP contribution in [0.3, 0.4) is 0 Å². The molecule has 1 aromatic heterocycles. The molecule has 0 aliphatic carbocycles. The molecule has 5 nitrogen and oxygen atoms in total. The molecule has 1 aromatic carbocycles. The van der Waals surface area contributed by atoms with Gasteiger partial charge in [-0.1, -0.05) is 19.9 Å². The Kier molecular flexibility index (Phi) is 3.71. The second-order valence-electron chi connectivity index (χ2n) is 5.93. The Hall–Kier alpha value is -2.56. The summed E-state index contributed by atoms with van der Waals surface area (Å²) in [7, 11) is 1.66. The first-order valence-electron chi connectivity index (χ1n) is 7.27. The molecule has 0 radical (unpaired) electrons. The smallest absolute Gasteiger partial charge is 0.148 e. The second kappa shape index (κ2) is 5.67. The largest absolute Gasteiger partial charge is 0.497 e. The maximum Gasteiger partial charge on any atom is 0.148 e. The third-order valence-electron chi connectivity index (χ3n) is 3.67. The van der Waals surface area contributed by atoms with E-state index in [9.17, 15) is 0 Å². The molecule has 22 heavy (non-hydrogen) atoms. The zero-order valence-electron chi connectivity index (χ0n) is 13.1. The lowest BCUT2D eigenvalue weighted by molar-refractivity contribution is 0.415. The van der Waals surface area contributed by atoms with Crippen LogP contribution in [0.5, 0.6) is 5.75 Å². The number of methoxy groups -OCH3 is 1. The summed E-state index contributed by atoms with van der Waals surface area (Å²) in [6.07, 6.45) is 1.78. The highest BCUT2D eigenvalue weighted by atomic mass is 16.5. The van der Waals surface area contributed by atoms with Crippen LogP contribution in [0, 0.1) is 5.41 Å². The summed E-state index contributed by atoms with van der Waals surface area (Å²) in [5.41, 5.74) is 0.924. The molecule has 0 atom stereocenters. The first-order chi connectivity index (χ1) is 10.6. The summed E-state index contributed by atoms with van der Waals surface area (Å²) in [4.78, 5) is 4.36. The molecule has 0 saturated carbocycles. The van der Waals surface area contributed by atoms with Gasteiger partial charge in [-0.2, -0.15) is 5.10 Å². The van der Waals surface area contributed by atoms with Crippen LogP contribution in [0.25, 0.3) is 0 Å². The summed E-state index contributed by atoms with van der Waals surface area (Å²) in [5, 5.41) is 10.0. The van der Waals surface area contributed by atoms with Gasteiger partial charge in [-0.25, -0.2) is 9.99 Å². The van der Waals surface area contributed by atoms with E-state index in [1.165, 1.54) is 0 Å². The monoisotopic (exact) mass is 296 g/mol. The Bertz CT molecular complexity index is 665. The molecule has 0 unspecified atom stereocenters. The van der Waals surface area contributed by atoms with Gasteiger partial charge in [0.25, 0.3) is 0 Å². The summed E-state index contributed by atoms with van der Waals surface area (Å²) in [5.74, 6) is 2.64. The van der Waals surface area contributed by atoms with Gasteiger partial charge in [0.15, 0.2) is 0 Å². The molecule has 114 valence electrons. The van der Waals surface area contributed by atoms with Gasteiger partial charge in [-0.3, -0.25) is 0 Å². The van der Waals surface area contributed by atoms with Crippen LogP contribution in [0.1, 0.15) is 13.8 Å². The zero-order valence-corrected chi connectivity index (χ0v) is 13.1. The minimum atomic E-state index is -0.0720. The summed E-state index contributed by atoms with van der Waals surface area (Å²) in [6.45, 7) is 5.14. The third-order valence-corrected chi connectivity index (χ3v) is 3.67. The Balaban J connectivity index is 1.81. The maximum absolute atomic E-state index is 5.18. The molecule has 0 saturated heterocycles. The lowest BCUT2D eigenvalue weighted by atomic mass is 9.92. The number of anilines is 2.